The van der Waals surface area contributed by atoms with Crippen molar-refractivity contribution in [3.63, 3.8) is 0 Å². The number of hydrogen-bond donors (Lipinski definition) is 3. The summed E-state index contributed by atoms with van der Waals surface area (Å²) in [5.74, 6) is -0.110. The molecule has 1 atom stereocenters. The summed E-state index contributed by atoms with van der Waals surface area (Å²) in [6.45, 7) is 7.94. The van der Waals surface area contributed by atoms with Gasteiger partial charge >= 0.3 is 0 Å². The van der Waals surface area contributed by atoms with Gasteiger partial charge in [0.2, 0.25) is 11.8 Å². The van der Waals surface area contributed by atoms with Crippen molar-refractivity contribution in [1.29, 1.82) is 0 Å². The Hall–Kier alpha value is -1.59. The first kappa shape index (κ1) is 20.4. The molecule has 5 nitrogen and oxygen atoms in total. The molecule has 124 valence electrons. The van der Waals surface area contributed by atoms with E-state index in [1.54, 1.807) is 0 Å². The smallest absolute Gasteiger partial charge is 0.237 e. The van der Waals surface area contributed by atoms with Gasteiger partial charge in [0.15, 0.2) is 0 Å². The number of nitrogens with one attached hydrogen (secondary N) is 2. The fourth-order valence-corrected chi connectivity index (χ4v) is 1.60. The van der Waals surface area contributed by atoms with Crippen LogP contribution in [-0.2, 0) is 16.1 Å². The second-order valence-corrected chi connectivity index (χ2v) is 5.83. The highest BCUT2D eigenvalue weighted by Gasteiger charge is 2.16. The second-order valence-electron chi connectivity index (χ2n) is 5.83. The van der Waals surface area contributed by atoms with Crippen LogP contribution in [0.5, 0.6) is 0 Å². The number of anilines is 1. The third-order valence-electron chi connectivity index (χ3n) is 3.23. The molecule has 1 aromatic rings. The van der Waals surface area contributed by atoms with Crippen molar-refractivity contribution in [3.8, 4) is 0 Å². The van der Waals surface area contributed by atoms with Gasteiger partial charge in [0.25, 0.3) is 0 Å². The van der Waals surface area contributed by atoms with E-state index >= 15 is 0 Å². The molecule has 0 aromatic heterocycles. The first-order valence-corrected chi connectivity index (χ1v) is 7.24. The van der Waals surface area contributed by atoms with Crippen molar-refractivity contribution < 1.29 is 9.59 Å². The van der Waals surface area contributed by atoms with Crippen molar-refractivity contribution >= 4 is 29.9 Å². The van der Waals surface area contributed by atoms with E-state index in [-0.39, 0.29) is 36.1 Å². The van der Waals surface area contributed by atoms with Crippen molar-refractivity contribution in [3.05, 3.63) is 29.8 Å². The molecular formula is C16H26ClN3O2. The third-order valence-corrected chi connectivity index (χ3v) is 3.23. The number of halogens is 1. The minimum absolute atomic E-state index is 0. The number of rotatable bonds is 6. The molecule has 0 heterocycles. The Bertz CT molecular complexity index is 487. The van der Waals surface area contributed by atoms with E-state index in [0.29, 0.717) is 6.54 Å². The molecule has 6 heteroatoms. The highest BCUT2D eigenvalue weighted by molar-refractivity contribution is 5.92. The zero-order chi connectivity index (χ0) is 16.0. The number of nitrogens with two attached hydrogens (primary N) is 1. The third kappa shape index (κ3) is 6.45. The van der Waals surface area contributed by atoms with Crippen LogP contribution in [0.15, 0.2) is 24.3 Å². The van der Waals surface area contributed by atoms with Crippen LogP contribution in [0.3, 0.4) is 0 Å². The molecule has 0 spiro atoms. The molecule has 0 saturated carbocycles. The van der Waals surface area contributed by atoms with Crippen molar-refractivity contribution in [2.24, 2.45) is 17.6 Å². The van der Waals surface area contributed by atoms with Gasteiger partial charge in [-0.2, -0.15) is 0 Å². The van der Waals surface area contributed by atoms with Crippen molar-refractivity contribution in [2.45, 2.75) is 40.3 Å². The van der Waals surface area contributed by atoms with Crippen LogP contribution < -0.4 is 16.4 Å². The second kappa shape index (κ2) is 9.43. The Morgan fingerprint density at radius 2 is 1.59 bits per heavy atom. The Labute approximate surface area is 138 Å². The molecule has 22 heavy (non-hydrogen) atoms. The van der Waals surface area contributed by atoms with Gasteiger partial charge in [-0.05, 0) is 23.6 Å². The van der Waals surface area contributed by atoms with Crippen LogP contribution in [0.1, 0.15) is 33.3 Å². The van der Waals surface area contributed by atoms with Crippen LogP contribution in [0.4, 0.5) is 5.69 Å². The van der Waals surface area contributed by atoms with Crippen LogP contribution in [0, 0.1) is 11.8 Å². The number of amides is 2. The predicted molar refractivity (Wildman–Crippen MR) is 91.8 cm³/mol. The maximum absolute atomic E-state index is 11.8. The normalized spacial score (nSPS) is 11.8. The van der Waals surface area contributed by atoms with Gasteiger partial charge in [-0.1, -0.05) is 39.8 Å². The lowest BCUT2D eigenvalue weighted by molar-refractivity contribution is -0.123. The molecule has 0 aliphatic carbocycles. The Morgan fingerprint density at radius 1 is 1.05 bits per heavy atom. The van der Waals surface area contributed by atoms with E-state index < -0.39 is 6.04 Å². The highest BCUT2D eigenvalue weighted by atomic mass is 35.5. The molecule has 1 rings (SSSR count). The average molecular weight is 328 g/mol. The van der Waals surface area contributed by atoms with Gasteiger partial charge in [-0.15, -0.1) is 12.4 Å². The quantitative estimate of drug-likeness (QED) is 0.749. The standard InChI is InChI=1S/C16H25N3O2.ClH/c1-10(2)14(17)16(21)18-9-12-5-7-13(8-6-12)19-15(20)11(3)4;/h5-8,10-11,14H,9,17H2,1-4H3,(H,18,21)(H,19,20);1H/t14-;/m1./s1. The summed E-state index contributed by atoms with van der Waals surface area (Å²) in [6, 6.07) is 6.90. The molecule has 0 aliphatic heterocycles. The molecule has 0 radical (unpaired) electrons. The van der Waals surface area contributed by atoms with E-state index in [1.165, 1.54) is 0 Å². The van der Waals surface area contributed by atoms with Gasteiger partial charge in [-0.25, -0.2) is 0 Å². The summed E-state index contributed by atoms with van der Waals surface area (Å²) >= 11 is 0. The zero-order valence-electron chi connectivity index (χ0n) is 13.6. The molecule has 1 aromatic carbocycles. The summed E-state index contributed by atoms with van der Waals surface area (Å²) in [6.07, 6.45) is 0. The molecule has 0 saturated heterocycles. The number of benzene rings is 1. The number of hydrogen-bond acceptors (Lipinski definition) is 3. The number of carbonyl (C=O) groups excluding carboxylic acids is 2. The Morgan fingerprint density at radius 3 is 2.05 bits per heavy atom. The zero-order valence-corrected chi connectivity index (χ0v) is 14.4. The minimum atomic E-state index is -0.491. The summed E-state index contributed by atoms with van der Waals surface area (Å²) in [5, 5.41) is 5.63. The van der Waals surface area contributed by atoms with Gasteiger partial charge in [0.05, 0.1) is 6.04 Å². The molecule has 0 unspecified atom stereocenters. The SMILES string of the molecule is CC(C)C(=O)Nc1ccc(CNC(=O)[C@H](N)C(C)C)cc1.Cl. The van der Waals surface area contributed by atoms with Crippen molar-refractivity contribution in [2.75, 3.05) is 5.32 Å². The Kier molecular flexibility index (Phi) is 8.75. The maximum atomic E-state index is 11.8. The van der Waals surface area contributed by atoms with Gasteiger partial charge < -0.3 is 16.4 Å². The lowest BCUT2D eigenvalue weighted by Gasteiger charge is -2.15. The first-order valence-electron chi connectivity index (χ1n) is 7.24. The van der Waals surface area contributed by atoms with Crippen LogP contribution in [-0.4, -0.2) is 17.9 Å². The number of carbonyl (C=O) groups is 2. The highest BCUT2D eigenvalue weighted by Crippen LogP contribution is 2.11. The molecule has 0 fully saturated rings. The maximum Gasteiger partial charge on any atom is 0.237 e. The Balaban J connectivity index is 0.00000441. The molecule has 2 amide bonds. The first-order chi connectivity index (χ1) is 9.81. The largest absolute Gasteiger partial charge is 0.351 e. The predicted octanol–water partition coefficient (Wildman–Crippen LogP) is 2.30. The lowest BCUT2D eigenvalue weighted by atomic mass is 10.0. The summed E-state index contributed by atoms with van der Waals surface area (Å²) < 4.78 is 0. The molecule has 0 bridgehead atoms. The van der Waals surface area contributed by atoms with Crippen LogP contribution in [0.2, 0.25) is 0 Å². The average Bonchev–Trinajstić information content (AvgIpc) is 2.45. The molecule has 4 N–H and O–H groups in total. The topological polar surface area (TPSA) is 84.2 Å². The fraction of sp³-hybridized carbons (Fsp3) is 0.500. The molecule has 0 aliphatic rings. The molecular weight excluding hydrogens is 302 g/mol. The van der Waals surface area contributed by atoms with Crippen LogP contribution >= 0.6 is 12.4 Å². The van der Waals surface area contributed by atoms with E-state index in [2.05, 4.69) is 10.6 Å². The summed E-state index contributed by atoms with van der Waals surface area (Å²) in [7, 11) is 0. The fourth-order valence-electron chi connectivity index (χ4n) is 1.60. The minimum Gasteiger partial charge on any atom is -0.351 e. The summed E-state index contributed by atoms with van der Waals surface area (Å²) in [4.78, 5) is 23.3. The van der Waals surface area contributed by atoms with E-state index in [4.69, 9.17) is 5.73 Å². The van der Waals surface area contributed by atoms with Gasteiger partial charge in [0.1, 0.15) is 0 Å². The van der Waals surface area contributed by atoms with E-state index in [0.717, 1.165) is 11.3 Å². The lowest BCUT2D eigenvalue weighted by Crippen LogP contribution is -2.43. The monoisotopic (exact) mass is 327 g/mol. The summed E-state index contributed by atoms with van der Waals surface area (Å²) in [5.41, 5.74) is 7.48. The van der Waals surface area contributed by atoms with Crippen molar-refractivity contribution in [1.82, 2.24) is 5.32 Å². The van der Waals surface area contributed by atoms with Gasteiger partial charge in [0, 0.05) is 18.2 Å². The van der Waals surface area contributed by atoms with Gasteiger partial charge in [-0.3, -0.25) is 9.59 Å². The van der Waals surface area contributed by atoms with Crippen LogP contribution in [0.25, 0.3) is 0 Å². The van der Waals surface area contributed by atoms with E-state index in [9.17, 15) is 9.59 Å². The van der Waals surface area contributed by atoms with E-state index in [1.807, 2.05) is 52.0 Å².